The standard InChI is InChI=1S/C9H8F3N5/c10-5-1-2-6(9(12)8(5)11)17-7(3-4-13)14-15-16-17/h1-2H,3-4,13H2. The second-order valence-electron chi connectivity index (χ2n) is 3.24. The molecule has 0 amide bonds. The van der Waals surface area contributed by atoms with Crippen LogP contribution in [0.5, 0.6) is 0 Å². The van der Waals surface area contributed by atoms with Gasteiger partial charge in [-0.2, -0.15) is 4.68 Å². The van der Waals surface area contributed by atoms with Crippen LogP contribution in [0, 0.1) is 17.5 Å². The number of nitrogens with zero attached hydrogens (tertiary/aromatic N) is 4. The number of nitrogens with two attached hydrogens (primary N) is 1. The molecular weight excluding hydrogens is 235 g/mol. The molecule has 2 rings (SSSR count). The molecule has 0 fully saturated rings. The Morgan fingerprint density at radius 3 is 2.65 bits per heavy atom. The van der Waals surface area contributed by atoms with E-state index in [1.54, 1.807) is 0 Å². The first-order valence-electron chi connectivity index (χ1n) is 4.76. The molecule has 90 valence electrons. The van der Waals surface area contributed by atoms with Gasteiger partial charge >= 0.3 is 0 Å². The van der Waals surface area contributed by atoms with E-state index in [1.807, 2.05) is 0 Å². The van der Waals surface area contributed by atoms with Gasteiger partial charge < -0.3 is 5.73 Å². The molecule has 1 heterocycles. The number of benzene rings is 1. The molecule has 0 aliphatic rings. The van der Waals surface area contributed by atoms with E-state index in [9.17, 15) is 13.2 Å². The van der Waals surface area contributed by atoms with Crippen molar-refractivity contribution in [3.8, 4) is 5.69 Å². The number of halogens is 3. The quantitative estimate of drug-likeness (QED) is 0.800. The topological polar surface area (TPSA) is 69.6 Å². The summed E-state index contributed by atoms with van der Waals surface area (Å²) in [6.45, 7) is 0.256. The lowest BCUT2D eigenvalue weighted by Gasteiger charge is -2.05. The summed E-state index contributed by atoms with van der Waals surface area (Å²) >= 11 is 0. The Morgan fingerprint density at radius 2 is 1.94 bits per heavy atom. The number of rotatable bonds is 3. The van der Waals surface area contributed by atoms with Gasteiger partial charge in [0.2, 0.25) is 0 Å². The van der Waals surface area contributed by atoms with Gasteiger partial charge in [-0.15, -0.1) is 5.10 Å². The predicted molar refractivity (Wildman–Crippen MR) is 51.8 cm³/mol. The normalized spacial score (nSPS) is 10.8. The summed E-state index contributed by atoms with van der Waals surface area (Å²) in [5.41, 5.74) is 5.07. The number of tetrazole rings is 1. The zero-order chi connectivity index (χ0) is 12.4. The van der Waals surface area contributed by atoms with E-state index in [4.69, 9.17) is 5.73 Å². The molecule has 1 aromatic heterocycles. The second-order valence-corrected chi connectivity index (χ2v) is 3.24. The fourth-order valence-electron chi connectivity index (χ4n) is 1.36. The maximum absolute atomic E-state index is 13.5. The van der Waals surface area contributed by atoms with Gasteiger partial charge in [-0.3, -0.25) is 0 Å². The molecule has 0 aliphatic heterocycles. The molecule has 1 aromatic carbocycles. The first kappa shape index (κ1) is 11.5. The molecule has 0 unspecified atom stereocenters. The first-order chi connectivity index (χ1) is 8.15. The smallest absolute Gasteiger partial charge is 0.196 e. The van der Waals surface area contributed by atoms with Crippen LogP contribution in [0.2, 0.25) is 0 Å². The Labute approximate surface area is 94.0 Å². The molecule has 2 N–H and O–H groups in total. The maximum atomic E-state index is 13.5. The van der Waals surface area contributed by atoms with Crippen LogP contribution in [0.1, 0.15) is 5.82 Å². The van der Waals surface area contributed by atoms with Crippen LogP contribution in [-0.2, 0) is 6.42 Å². The highest BCUT2D eigenvalue weighted by atomic mass is 19.2. The largest absolute Gasteiger partial charge is 0.330 e. The van der Waals surface area contributed by atoms with E-state index in [0.29, 0.717) is 6.42 Å². The zero-order valence-electron chi connectivity index (χ0n) is 8.57. The lowest BCUT2D eigenvalue weighted by molar-refractivity contribution is 0.442. The van der Waals surface area contributed by atoms with Crippen molar-refractivity contribution in [3.63, 3.8) is 0 Å². The van der Waals surface area contributed by atoms with E-state index in [0.717, 1.165) is 16.8 Å². The summed E-state index contributed by atoms with van der Waals surface area (Å²) in [6, 6.07) is 1.87. The molecule has 5 nitrogen and oxygen atoms in total. The fourth-order valence-corrected chi connectivity index (χ4v) is 1.36. The van der Waals surface area contributed by atoms with Crippen molar-refractivity contribution in [1.82, 2.24) is 20.2 Å². The molecular formula is C9H8F3N5. The van der Waals surface area contributed by atoms with Crippen molar-refractivity contribution < 1.29 is 13.2 Å². The molecule has 2 aromatic rings. The SMILES string of the molecule is NCCc1nnnn1-c1ccc(F)c(F)c1F. The fraction of sp³-hybridized carbons (Fsp3) is 0.222. The summed E-state index contributed by atoms with van der Waals surface area (Å²) in [6.07, 6.45) is 0.297. The molecule has 0 atom stereocenters. The zero-order valence-corrected chi connectivity index (χ0v) is 8.57. The summed E-state index contributed by atoms with van der Waals surface area (Å²) in [7, 11) is 0. The Morgan fingerprint density at radius 1 is 1.18 bits per heavy atom. The van der Waals surface area contributed by atoms with E-state index in [-0.39, 0.29) is 18.1 Å². The summed E-state index contributed by atoms with van der Waals surface area (Å²) in [5, 5.41) is 10.5. The van der Waals surface area contributed by atoms with Gasteiger partial charge in [-0.1, -0.05) is 0 Å². The lowest BCUT2D eigenvalue weighted by atomic mass is 10.2. The summed E-state index contributed by atoms with van der Waals surface area (Å²) < 4.78 is 40.3. The number of hydrogen-bond acceptors (Lipinski definition) is 4. The summed E-state index contributed by atoms with van der Waals surface area (Å²) in [4.78, 5) is 0. The van der Waals surface area contributed by atoms with Gasteiger partial charge in [0.05, 0.1) is 0 Å². The summed E-state index contributed by atoms with van der Waals surface area (Å²) in [5.74, 6) is -3.88. The van der Waals surface area contributed by atoms with E-state index in [1.165, 1.54) is 0 Å². The third-order valence-corrected chi connectivity index (χ3v) is 2.15. The monoisotopic (exact) mass is 243 g/mol. The highest BCUT2D eigenvalue weighted by Gasteiger charge is 2.17. The highest BCUT2D eigenvalue weighted by molar-refractivity contribution is 5.34. The van der Waals surface area contributed by atoms with Crippen LogP contribution >= 0.6 is 0 Å². The average molecular weight is 243 g/mol. The first-order valence-corrected chi connectivity index (χ1v) is 4.76. The molecule has 0 aliphatic carbocycles. The van der Waals surface area contributed by atoms with Gasteiger partial charge in [-0.25, -0.2) is 13.2 Å². The van der Waals surface area contributed by atoms with Crippen molar-refractivity contribution in [2.75, 3.05) is 6.54 Å². The highest BCUT2D eigenvalue weighted by Crippen LogP contribution is 2.18. The second kappa shape index (κ2) is 4.50. The minimum absolute atomic E-state index is 0.252. The third-order valence-electron chi connectivity index (χ3n) is 2.15. The minimum Gasteiger partial charge on any atom is -0.330 e. The van der Waals surface area contributed by atoms with E-state index < -0.39 is 17.5 Å². The van der Waals surface area contributed by atoms with Crippen LogP contribution in [0.15, 0.2) is 12.1 Å². The molecule has 17 heavy (non-hydrogen) atoms. The minimum atomic E-state index is -1.56. The van der Waals surface area contributed by atoms with E-state index in [2.05, 4.69) is 15.5 Å². The Kier molecular flexibility index (Phi) is 3.05. The number of aromatic nitrogens is 4. The van der Waals surface area contributed by atoms with Crippen molar-refractivity contribution >= 4 is 0 Å². The van der Waals surface area contributed by atoms with Crippen molar-refractivity contribution in [2.45, 2.75) is 6.42 Å². The molecule has 0 bridgehead atoms. The number of hydrogen-bond donors (Lipinski definition) is 1. The third kappa shape index (κ3) is 1.98. The molecule has 0 spiro atoms. The predicted octanol–water partition coefficient (Wildman–Crippen LogP) is 0.581. The van der Waals surface area contributed by atoms with Crippen LogP contribution in [0.4, 0.5) is 13.2 Å². The molecule has 0 radical (unpaired) electrons. The van der Waals surface area contributed by atoms with Gasteiger partial charge in [0.25, 0.3) is 0 Å². The van der Waals surface area contributed by atoms with Crippen LogP contribution in [-0.4, -0.2) is 26.8 Å². The Hall–Kier alpha value is -1.96. The van der Waals surface area contributed by atoms with Gasteiger partial charge in [0.1, 0.15) is 5.69 Å². The van der Waals surface area contributed by atoms with Gasteiger partial charge in [0, 0.05) is 6.42 Å². The van der Waals surface area contributed by atoms with Crippen molar-refractivity contribution in [3.05, 3.63) is 35.4 Å². The molecule has 0 saturated carbocycles. The van der Waals surface area contributed by atoms with Crippen LogP contribution in [0.3, 0.4) is 0 Å². The van der Waals surface area contributed by atoms with Crippen LogP contribution in [0.25, 0.3) is 5.69 Å². The molecule has 8 heteroatoms. The average Bonchev–Trinajstić information content (AvgIpc) is 2.75. The van der Waals surface area contributed by atoms with Crippen molar-refractivity contribution in [1.29, 1.82) is 0 Å². The Bertz CT molecular complexity index is 539. The van der Waals surface area contributed by atoms with Crippen molar-refractivity contribution in [2.24, 2.45) is 5.73 Å². The lowest BCUT2D eigenvalue weighted by Crippen LogP contribution is -2.12. The Balaban J connectivity index is 2.53. The van der Waals surface area contributed by atoms with E-state index >= 15 is 0 Å². The van der Waals surface area contributed by atoms with Gasteiger partial charge in [0.15, 0.2) is 23.3 Å². The van der Waals surface area contributed by atoms with Crippen LogP contribution < -0.4 is 5.73 Å². The molecule has 0 saturated heterocycles. The maximum Gasteiger partial charge on any atom is 0.196 e. The van der Waals surface area contributed by atoms with Gasteiger partial charge in [-0.05, 0) is 29.1 Å².